The van der Waals surface area contributed by atoms with Crippen LogP contribution in [0.15, 0.2) is 54.6 Å². The van der Waals surface area contributed by atoms with E-state index >= 15 is 0 Å². The Morgan fingerprint density at radius 1 is 0.941 bits per heavy atom. The van der Waals surface area contributed by atoms with Gasteiger partial charge in [0.05, 0.1) is 0 Å². The van der Waals surface area contributed by atoms with Crippen molar-refractivity contribution in [3.8, 4) is 5.75 Å². The molecule has 1 aliphatic heterocycles. The second-order valence-electron chi connectivity index (χ2n) is 8.81. The van der Waals surface area contributed by atoms with Crippen LogP contribution in [-0.4, -0.2) is 40.6 Å². The summed E-state index contributed by atoms with van der Waals surface area (Å²) in [5.41, 5.74) is 1.11. The maximum Gasteiger partial charge on any atom is 0.408 e. The molecule has 1 atom stereocenters. The van der Waals surface area contributed by atoms with Crippen LogP contribution in [-0.2, 0) is 37.0 Å². The van der Waals surface area contributed by atoms with Gasteiger partial charge in [0.2, 0.25) is 0 Å². The second kappa shape index (κ2) is 10.8. The molecule has 0 radical (unpaired) electrons. The minimum absolute atomic E-state index is 0.0103. The molecule has 1 aliphatic rings. The molecule has 0 spiro atoms. The van der Waals surface area contributed by atoms with Gasteiger partial charge in [-0.2, -0.15) is 0 Å². The zero-order valence-corrected chi connectivity index (χ0v) is 19.4. The Balaban J connectivity index is 1.68. The molecule has 2 aromatic carbocycles. The SMILES string of the molecule is CC(C)(C)Oc1ccc(C[C@@H](NC(=O)OCc2ccccc2)C(=O)ON2C(=O)CCC2=O)cc1. The quantitative estimate of drug-likeness (QED) is 0.592. The minimum Gasteiger partial charge on any atom is -0.488 e. The number of rotatable bonds is 8. The summed E-state index contributed by atoms with van der Waals surface area (Å²) in [6.07, 6.45) is -0.847. The van der Waals surface area contributed by atoms with Gasteiger partial charge in [-0.3, -0.25) is 9.59 Å². The van der Waals surface area contributed by atoms with E-state index in [1.807, 2.05) is 39.0 Å². The summed E-state index contributed by atoms with van der Waals surface area (Å²) in [7, 11) is 0. The van der Waals surface area contributed by atoms with E-state index in [0.717, 1.165) is 5.56 Å². The first-order chi connectivity index (χ1) is 16.1. The topological polar surface area (TPSA) is 111 Å². The number of alkyl carbamates (subject to hydrolysis) is 1. The molecule has 2 aromatic rings. The number of imide groups is 1. The minimum atomic E-state index is -1.20. The number of nitrogens with zero attached hydrogens (tertiary/aromatic N) is 1. The van der Waals surface area contributed by atoms with Crippen molar-refractivity contribution >= 4 is 23.9 Å². The molecular formula is C25H28N2O7. The highest BCUT2D eigenvalue weighted by atomic mass is 16.7. The lowest BCUT2D eigenvalue weighted by atomic mass is 10.1. The van der Waals surface area contributed by atoms with Crippen molar-refractivity contribution < 1.29 is 33.5 Å². The van der Waals surface area contributed by atoms with Crippen LogP contribution in [0.1, 0.15) is 44.7 Å². The van der Waals surface area contributed by atoms with Crippen molar-refractivity contribution in [2.24, 2.45) is 0 Å². The molecule has 0 aromatic heterocycles. The first kappa shape index (κ1) is 24.8. The number of amides is 3. The molecule has 0 unspecified atom stereocenters. The number of carbonyl (C=O) groups is 4. The third-order valence-electron chi connectivity index (χ3n) is 4.76. The highest BCUT2D eigenvalue weighted by molar-refractivity contribution is 6.01. The molecule has 0 aliphatic carbocycles. The average molecular weight is 469 g/mol. The molecule has 0 saturated carbocycles. The van der Waals surface area contributed by atoms with Gasteiger partial charge in [-0.25, -0.2) is 9.59 Å². The van der Waals surface area contributed by atoms with Crippen molar-refractivity contribution in [1.82, 2.24) is 10.4 Å². The number of nitrogens with one attached hydrogen (secondary N) is 1. The van der Waals surface area contributed by atoms with Gasteiger partial charge in [0.1, 0.15) is 24.0 Å². The zero-order valence-electron chi connectivity index (χ0n) is 19.4. The van der Waals surface area contributed by atoms with E-state index in [2.05, 4.69) is 5.32 Å². The lowest BCUT2D eigenvalue weighted by Crippen LogP contribution is -2.46. The normalized spacial score (nSPS) is 14.5. The molecule has 1 N–H and O–H groups in total. The van der Waals surface area contributed by atoms with E-state index in [-0.39, 0.29) is 31.5 Å². The molecule has 1 saturated heterocycles. The number of ether oxygens (including phenoxy) is 2. The van der Waals surface area contributed by atoms with Crippen LogP contribution in [0.2, 0.25) is 0 Å². The third-order valence-corrected chi connectivity index (χ3v) is 4.76. The Morgan fingerprint density at radius 3 is 2.15 bits per heavy atom. The van der Waals surface area contributed by atoms with Crippen LogP contribution in [0.25, 0.3) is 0 Å². The number of hydroxylamine groups is 2. The van der Waals surface area contributed by atoms with Gasteiger partial charge in [0, 0.05) is 19.3 Å². The molecular weight excluding hydrogens is 440 g/mol. The Bertz CT molecular complexity index is 1010. The maximum absolute atomic E-state index is 12.8. The predicted octanol–water partition coefficient (Wildman–Crippen LogP) is 3.31. The second-order valence-corrected chi connectivity index (χ2v) is 8.81. The van der Waals surface area contributed by atoms with Crippen LogP contribution in [0.4, 0.5) is 4.79 Å². The van der Waals surface area contributed by atoms with E-state index < -0.39 is 29.9 Å². The van der Waals surface area contributed by atoms with Crippen LogP contribution in [0.5, 0.6) is 5.75 Å². The highest BCUT2D eigenvalue weighted by Gasteiger charge is 2.35. The van der Waals surface area contributed by atoms with Crippen molar-refractivity contribution in [1.29, 1.82) is 0 Å². The van der Waals surface area contributed by atoms with Crippen molar-refractivity contribution in [3.05, 3.63) is 65.7 Å². The van der Waals surface area contributed by atoms with Crippen LogP contribution >= 0.6 is 0 Å². The van der Waals surface area contributed by atoms with E-state index in [4.69, 9.17) is 14.3 Å². The van der Waals surface area contributed by atoms with Gasteiger partial charge in [-0.15, -0.1) is 5.06 Å². The Kier molecular flexibility index (Phi) is 7.88. The number of benzene rings is 2. The Hall–Kier alpha value is -3.88. The molecule has 1 heterocycles. The van der Waals surface area contributed by atoms with E-state index in [9.17, 15) is 19.2 Å². The number of hydrogen-bond donors (Lipinski definition) is 1. The predicted molar refractivity (Wildman–Crippen MR) is 121 cm³/mol. The molecule has 0 bridgehead atoms. The maximum atomic E-state index is 12.8. The number of hydrogen-bond acceptors (Lipinski definition) is 7. The van der Waals surface area contributed by atoms with Crippen LogP contribution in [0.3, 0.4) is 0 Å². The van der Waals surface area contributed by atoms with Crippen molar-refractivity contribution in [3.63, 3.8) is 0 Å². The molecule has 3 rings (SSSR count). The number of carbonyl (C=O) groups excluding carboxylic acids is 4. The molecule has 180 valence electrons. The fraction of sp³-hybridized carbons (Fsp3) is 0.360. The smallest absolute Gasteiger partial charge is 0.408 e. The van der Waals surface area contributed by atoms with Gasteiger partial charge in [-0.05, 0) is 44.0 Å². The largest absolute Gasteiger partial charge is 0.488 e. The van der Waals surface area contributed by atoms with E-state index in [0.29, 0.717) is 16.4 Å². The summed E-state index contributed by atoms with van der Waals surface area (Å²) in [5.74, 6) is -1.51. The zero-order chi connectivity index (χ0) is 24.7. The van der Waals surface area contributed by atoms with Gasteiger partial charge in [0.15, 0.2) is 0 Å². The lowest BCUT2D eigenvalue weighted by Gasteiger charge is -2.22. The third kappa shape index (κ3) is 7.33. The average Bonchev–Trinajstić information content (AvgIpc) is 3.10. The van der Waals surface area contributed by atoms with Gasteiger partial charge in [0.25, 0.3) is 11.8 Å². The Labute approximate surface area is 197 Å². The van der Waals surface area contributed by atoms with Crippen LogP contribution < -0.4 is 10.1 Å². The fourth-order valence-corrected chi connectivity index (χ4v) is 3.19. The van der Waals surface area contributed by atoms with Crippen molar-refractivity contribution in [2.75, 3.05) is 0 Å². The van der Waals surface area contributed by atoms with E-state index in [1.54, 1.807) is 36.4 Å². The summed E-state index contributed by atoms with van der Waals surface area (Å²) in [6, 6.07) is 14.9. The summed E-state index contributed by atoms with van der Waals surface area (Å²) in [6.45, 7) is 5.80. The van der Waals surface area contributed by atoms with Gasteiger partial charge in [-0.1, -0.05) is 42.5 Å². The summed E-state index contributed by atoms with van der Waals surface area (Å²) >= 11 is 0. The molecule has 34 heavy (non-hydrogen) atoms. The first-order valence-corrected chi connectivity index (χ1v) is 10.9. The summed E-state index contributed by atoms with van der Waals surface area (Å²) < 4.78 is 11.0. The van der Waals surface area contributed by atoms with Gasteiger partial charge < -0.3 is 19.6 Å². The molecule has 9 heteroatoms. The highest BCUT2D eigenvalue weighted by Crippen LogP contribution is 2.20. The molecule has 1 fully saturated rings. The monoisotopic (exact) mass is 468 g/mol. The van der Waals surface area contributed by atoms with E-state index in [1.165, 1.54) is 0 Å². The standard InChI is InChI=1S/C25H28N2O7/c1-25(2,3)33-19-11-9-17(10-12-19)15-20(23(30)34-27-21(28)13-14-22(27)29)26-24(31)32-16-18-7-5-4-6-8-18/h4-12,20H,13-16H2,1-3H3,(H,26,31)/t20-/m1/s1. The Morgan fingerprint density at radius 2 is 1.56 bits per heavy atom. The first-order valence-electron chi connectivity index (χ1n) is 10.9. The molecule has 9 nitrogen and oxygen atoms in total. The fourth-order valence-electron chi connectivity index (χ4n) is 3.19. The van der Waals surface area contributed by atoms with Crippen LogP contribution in [0, 0.1) is 0 Å². The van der Waals surface area contributed by atoms with Crippen molar-refractivity contribution in [2.45, 2.75) is 58.3 Å². The molecule has 3 amide bonds. The lowest BCUT2D eigenvalue weighted by molar-refractivity contribution is -0.198. The van der Waals surface area contributed by atoms with Gasteiger partial charge >= 0.3 is 12.1 Å². The summed E-state index contributed by atoms with van der Waals surface area (Å²) in [5, 5.41) is 2.93. The summed E-state index contributed by atoms with van der Waals surface area (Å²) in [4.78, 5) is 53.9.